The molecule has 0 atom stereocenters. The van der Waals surface area contributed by atoms with E-state index in [2.05, 4.69) is 10.5 Å². The number of carbonyl (C=O) groups is 2. The van der Waals surface area contributed by atoms with Crippen molar-refractivity contribution in [1.82, 2.24) is 10.4 Å². The van der Waals surface area contributed by atoms with Gasteiger partial charge in [-0.1, -0.05) is 48.5 Å². The van der Waals surface area contributed by atoms with Crippen LogP contribution in [0.15, 0.2) is 65.8 Å². The van der Waals surface area contributed by atoms with E-state index in [-0.39, 0.29) is 24.9 Å². The molecule has 0 bridgehead atoms. The molecule has 3 amide bonds. The average molecular weight is 322 g/mol. The molecule has 0 saturated carbocycles. The summed E-state index contributed by atoms with van der Waals surface area (Å²) < 4.78 is 0. The number of hydrogen-bond donors (Lipinski definition) is 1. The molecule has 1 N–H and O–H groups in total. The molecule has 0 radical (unpaired) electrons. The van der Waals surface area contributed by atoms with Crippen molar-refractivity contribution in [2.45, 2.75) is 13.3 Å². The largest absolute Gasteiger partial charge is 0.364 e. The summed E-state index contributed by atoms with van der Waals surface area (Å²) in [4.78, 5) is 24.8. The van der Waals surface area contributed by atoms with Gasteiger partial charge in [-0.05, 0) is 24.6 Å². The Hall–Kier alpha value is -3.15. The Bertz CT molecular complexity index is 759. The van der Waals surface area contributed by atoms with E-state index in [0.717, 1.165) is 11.3 Å². The number of nitrogens with one attached hydrogen (secondary N) is 1. The van der Waals surface area contributed by atoms with Crippen molar-refractivity contribution in [2.75, 3.05) is 11.6 Å². The molecule has 0 spiro atoms. The molecule has 0 saturated heterocycles. The SMILES string of the molecule is CC1=NN(c2ccccc2)C(=O)N(NC(=O)Cc2ccccc2)C1. The van der Waals surface area contributed by atoms with Crippen molar-refractivity contribution in [1.29, 1.82) is 0 Å². The third-order valence-corrected chi connectivity index (χ3v) is 3.54. The van der Waals surface area contributed by atoms with Crippen LogP contribution in [-0.2, 0) is 11.2 Å². The van der Waals surface area contributed by atoms with E-state index in [0.29, 0.717) is 5.69 Å². The van der Waals surface area contributed by atoms with Gasteiger partial charge in [-0.2, -0.15) is 10.1 Å². The average Bonchev–Trinajstić information content (AvgIpc) is 2.59. The quantitative estimate of drug-likeness (QED) is 0.940. The Morgan fingerprint density at radius 3 is 2.38 bits per heavy atom. The number of anilines is 1. The van der Waals surface area contributed by atoms with Crippen molar-refractivity contribution in [3.63, 3.8) is 0 Å². The number of urea groups is 1. The van der Waals surface area contributed by atoms with E-state index in [1.807, 2.05) is 55.5 Å². The molecule has 1 aliphatic heterocycles. The van der Waals surface area contributed by atoms with E-state index in [4.69, 9.17) is 0 Å². The second-order valence-electron chi connectivity index (χ2n) is 5.55. The fourth-order valence-electron chi connectivity index (χ4n) is 2.45. The Morgan fingerprint density at radius 2 is 1.71 bits per heavy atom. The molecule has 122 valence electrons. The molecule has 24 heavy (non-hydrogen) atoms. The molecular formula is C18H18N4O2. The Labute approximate surface area is 140 Å². The molecule has 6 heteroatoms. The van der Waals surface area contributed by atoms with Crippen LogP contribution in [0.5, 0.6) is 0 Å². The number of benzene rings is 2. The first kappa shape index (κ1) is 15.7. The molecule has 2 aromatic carbocycles. The van der Waals surface area contributed by atoms with Gasteiger partial charge in [-0.25, -0.2) is 9.80 Å². The number of rotatable bonds is 4. The van der Waals surface area contributed by atoms with Gasteiger partial charge in [0, 0.05) is 0 Å². The van der Waals surface area contributed by atoms with Gasteiger partial charge < -0.3 is 0 Å². The van der Waals surface area contributed by atoms with Crippen LogP contribution in [0.1, 0.15) is 12.5 Å². The summed E-state index contributed by atoms with van der Waals surface area (Å²) >= 11 is 0. The van der Waals surface area contributed by atoms with Crippen LogP contribution in [-0.4, -0.2) is 29.2 Å². The summed E-state index contributed by atoms with van der Waals surface area (Å²) in [6, 6.07) is 18.1. The second-order valence-corrected chi connectivity index (χ2v) is 5.55. The van der Waals surface area contributed by atoms with Crippen molar-refractivity contribution < 1.29 is 9.59 Å². The first-order valence-electron chi connectivity index (χ1n) is 7.67. The van der Waals surface area contributed by atoms with Gasteiger partial charge in [0.1, 0.15) is 0 Å². The van der Waals surface area contributed by atoms with Crippen LogP contribution in [0.25, 0.3) is 0 Å². The highest BCUT2D eigenvalue weighted by Crippen LogP contribution is 2.18. The summed E-state index contributed by atoms with van der Waals surface area (Å²) in [6.45, 7) is 2.08. The van der Waals surface area contributed by atoms with E-state index in [1.165, 1.54) is 10.0 Å². The third kappa shape index (κ3) is 3.60. The van der Waals surface area contributed by atoms with Crippen LogP contribution < -0.4 is 10.4 Å². The van der Waals surface area contributed by atoms with Crippen LogP contribution in [0, 0.1) is 0 Å². The lowest BCUT2D eigenvalue weighted by molar-refractivity contribution is -0.123. The van der Waals surface area contributed by atoms with E-state index in [1.54, 1.807) is 12.1 Å². The van der Waals surface area contributed by atoms with Gasteiger partial charge >= 0.3 is 6.03 Å². The van der Waals surface area contributed by atoms with Crippen LogP contribution >= 0.6 is 0 Å². The predicted octanol–water partition coefficient (Wildman–Crippen LogP) is 2.58. The molecule has 1 aliphatic rings. The molecular weight excluding hydrogens is 304 g/mol. The van der Waals surface area contributed by atoms with E-state index < -0.39 is 0 Å². The van der Waals surface area contributed by atoms with Crippen molar-refractivity contribution in [3.8, 4) is 0 Å². The zero-order valence-corrected chi connectivity index (χ0v) is 13.3. The number of hydrazine groups is 1. The summed E-state index contributed by atoms with van der Waals surface area (Å²) in [5.41, 5.74) is 4.95. The zero-order valence-electron chi connectivity index (χ0n) is 13.3. The standard InChI is InChI=1S/C18H18N4O2/c1-14-13-21(20-17(23)12-15-8-4-2-5-9-15)18(24)22(19-14)16-10-6-3-7-11-16/h2-11H,12-13H2,1H3,(H,20,23). The molecule has 3 rings (SSSR count). The molecule has 0 fully saturated rings. The Kier molecular flexibility index (Phi) is 4.56. The maximum atomic E-state index is 12.6. The Balaban J connectivity index is 1.71. The fraction of sp³-hybridized carbons (Fsp3) is 0.167. The van der Waals surface area contributed by atoms with Crippen LogP contribution in [0.2, 0.25) is 0 Å². The van der Waals surface area contributed by atoms with E-state index >= 15 is 0 Å². The van der Waals surface area contributed by atoms with Gasteiger partial charge in [0.05, 0.1) is 24.4 Å². The normalized spacial score (nSPS) is 14.4. The minimum Gasteiger partial charge on any atom is -0.273 e. The van der Waals surface area contributed by atoms with Gasteiger partial charge in [0.15, 0.2) is 0 Å². The first-order valence-corrected chi connectivity index (χ1v) is 7.67. The summed E-state index contributed by atoms with van der Waals surface area (Å²) in [7, 11) is 0. The highest BCUT2D eigenvalue weighted by molar-refractivity contribution is 6.01. The maximum Gasteiger partial charge on any atom is 0.364 e. The van der Waals surface area contributed by atoms with Gasteiger partial charge in [-0.15, -0.1) is 0 Å². The number of carbonyl (C=O) groups excluding carboxylic acids is 2. The van der Waals surface area contributed by atoms with Crippen LogP contribution in [0.4, 0.5) is 10.5 Å². The highest BCUT2D eigenvalue weighted by Gasteiger charge is 2.28. The number of amides is 3. The predicted molar refractivity (Wildman–Crippen MR) is 92.4 cm³/mol. The lowest BCUT2D eigenvalue weighted by Crippen LogP contribution is -2.56. The smallest absolute Gasteiger partial charge is 0.273 e. The van der Waals surface area contributed by atoms with Gasteiger partial charge in [-0.3, -0.25) is 10.2 Å². The van der Waals surface area contributed by atoms with Gasteiger partial charge in [0.25, 0.3) is 0 Å². The minimum absolute atomic E-state index is 0.214. The number of para-hydroxylation sites is 1. The fourth-order valence-corrected chi connectivity index (χ4v) is 2.45. The summed E-state index contributed by atoms with van der Waals surface area (Å²) in [6.07, 6.45) is 0.214. The third-order valence-electron chi connectivity index (χ3n) is 3.54. The lowest BCUT2D eigenvalue weighted by atomic mass is 10.1. The maximum absolute atomic E-state index is 12.6. The lowest BCUT2D eigenvalue weighted by Gasteiger charge is -2.32. The summed E-state index contributed by atoms with van der Waals surface area (Å²) in [5, 5.41) is 6.87. The van der Waals surface area contributed by atoms with Gasteiger partial charge in [0.2, 0.25) is 5.91 Å². The number of hydrogen-bond acceptors (Lipinski definition) is 3. The molecule has 1 heterocycles. The molecule has 6 nitrogen and oxygen atoms in total. The van der Waals surface area contributed by atoms with Crippen molar-refractivity contribution >= 4 is 23.3 Å². The van der Waals surface area contributed by atoms with Crippen molar-refractivity contribution in [2.24, 2.45) is 5.10 Å². The second kappa shape index (κ2) is 6.95. The first-order chi connectivity index (χ1) is 11.6. The van der Waals surface area contributed by atoms with Crippen molar-refractivity contribution in [3.05, 3.63) is 66.2 Å². The zero-order chi connectivity index (χ0) is 16.9. The Morgan fingerprint density at radius 1 is 1.08 bits per heavy atom. The molecule has 0 unspecified atom stereocenters. The van der Waals surface area contributed by atoms with E-state index in [9.17, 15) is 9.59 Å². The van der Waals surface area contributed by atoms with Crippen LogP contribution in [0.3, 0.4) is 0 Å². The number of hydrazone groups is 1. The highest BCUT2D eigenvalue weighted by atomic mass is 16.2. The molecule has 0 aromatic heterocycles. The molecule has 2 aromatic rings. The number of nitrogens with zero attached hydrogens (tertiary/aromatic N) is 3. The summed E-state index contributed by atoms with van der Waals surface area (Å²) in [5.74, 6) is -0.239. The monoisotopic (exact) mass is 322 g/mol. The topological polar surface area (TPSA) is 65.0 Å². The molecule has 0 aliphatic carbocycles. The minimum atomic E-state index is -0.381.